The molecule has 0 nitrogen and oxygen atoms in total. The van der Waals surface area contributed by atoms with E-state index in [1.807, 2.05) is 0 Å². The summed E-state index contributed by atoms with van der Waals surface area (Å²) in [5, 5.41) is 0. The minimum atomic E-state index is 0. The number of hydrogen-bond donors (Lipinski definition) is 0. The van der Waals surface area contributed by atoms with Crippen molar-refractivity contribution in [2.45, 2.75) is 0 Å². The molecule has 0 saturated heterocycles. The summed E-state index contributed by atoms with van der Waals surface area (Å²) in [4.78, 5) is 0. The predicted molar refractivity (Wildman–Crippen MR) is 33.5 cm³/mol. The average molecular weight is 208 g/mol. The van der Waals surface area contributed by atoms with Crippen molar-refractivity contribution in [1.82, 2.24) is 0 Å². The monoisotopic (exact) mass is 206 g/mol. The molecule has 0 unspecified atom stereocenters. The van der Waals surface area contributed by atoms with E-state index in [4.69, 9.17) is 0 Å². The lowest BCUT2D eigenvalue weighted by atomic mass is 12.0. The molecule has 0 bridgehead atoms. The fourth-order valence-electron chi connectivity index (χ4n) is 0. The molecule has 0 aromatic rings. The fraction of sp³-hybridized carbons (Fsp3) is 1.00. The molecule has 0 spiro atoms. The van der Waals surface area contributed by atoms with Gasteiger partial charge in [0.2, 0.25) is 0 Å². The van der Waals surface area contributed by atoms with Gasteiger partial charge in [0.1, 0.15) is 0 Å². The maximum atomic E-state index is 3.53. The highest BCUT2D eigenvalue weighted by atomic mass is 79.9. The molecular formula is CH5Br2P. The van der Waals surface area contributed by atoms with Crippen LogP contribution in [0, 0.1) is 0 Å². The largest absolute Gasteiger partial charge is 0.114 e. The lowest BCUT2D eigenvalue weighted by Gasteiger charge is -1.04. The Morgan fingerprint density at radius 3 is 1.00 bits per heavy atom. The van der Waals surface area contributed by atoms with Gasteiger partial charge in [0.15, 0.2) is 0 Å². The minimum absolute atomic E-state index is 0. The highest BCUT2D eigenvalue weighted by Crippen LogP contribution is 1.46. The third kappa shape index (κ3) is 10.0. The first-order chi connectivity index (χ1) is 1.00. The Balaban J connectivity index is -0.00000000500. The molecule has 0 aromatic heterocycles. The SMILES string of the molecule is Br.Br.C[P]. The standard InChI is InChI=1S/CH3P.2BrH/c1-2;;/h1H3;2*1H. The fourth-order valence-corrected chi connectivity index (χ4v) is 0. The lowest BCUT2D eigenvalue weighted by molar-refractivity contribution is 2.53. The van der Waals surface area contributed by atoms with E-state index in [9.17, 15) is 0 Å². The van der Waals surface area contributed by atoms with Gasteiger partial charge in [-0.15, -0.1) is 34.0 Å². The average Bonchev–Trinajstić information content (AvgIpc) is 1.00. The first-order valence-corrected chi connectivity index (χ1v) is 1.34. The number of hydrogen-bond acceptors (Lipinski definition) is 0. The summed E-state index contributed by atoms with van der Waals surface area (Å²) in [6.07, 6.45) is 0. The van der Waals surface area contributed by atoms with Crippen molar-refractivity contribution in [3.8, 4) is 0 Å². The molecular weight excluding hydrogens is 203 g/mol. The Morgan fingerprint density at radius 2 is 1.00 bits per heavy atom. The van der Waals surface area contributed by atoms with Crippen LogP contribution >= 0.6 is 43.2 Å². The molecule has 4 heavy (non-hydrogen) atoms. The van der Waals surface area contributed by atoms with E-state index in [1.54, 1.807) is 6.66 Å². The molecule has 0 fully saturated rings. The molecule has 0 amide bonds. The van der Waals surface area contributed by atoms with Gasteiger partial charge in [0, 0.05) is 0 Å². The summed E-state index contributed by atoms with van der Waals surface area (Å²) in [5.41, 5.74) is 0. The van der Waals surface area contributed by atoms with Crippen molar-refractivity contribution in [2.75, 3.05) is 6.66 Å². The van der Waals surface area contributed by atoms with Gasteiger partial charge >= 0.3 is 0 Å². The predicted octanol–water partition coefficient (Wildman–Crippen LogP) is 2.18. The molecule has 0 N–H and O–H groups in total. The molecule has 28 valence electrons. The zero-order chi connectivity index (χ0) is 2.00. The van der Waals surface area contributed by atoms with Crippen molar-refractivity contribution < 1.29 is 0 Å². The summed E-state index contributed by atoms with van der Waals surface area (Å²) in [7, 11) is 3.53. The highest BCUT2D eigenvalue weighted by Gasteiger charge is 0.957. The molecule has 0 aliphatic rings. The molecule has 0 saturated carbocycles. The summed E-state index contributed by atoms with van der Waals surface area (Å²) in [6.45, 7) is 1.69. The zero-order valence-corrected chi connectivity index (χ0v) is 6.58. The maximum Gasteiger partial charge on any atom is -0.0360 e. The topological polar surface area (TPSA) is 0 Å². The summed E-state index contributed by atoms with van der Waals surface area (Å²) in [6, 6.07) is 0. The van der Waals surface area contributed by atoms with Gasteiger partial charge in [-0.1, -0.05) is 0 Å². The van der Waals surface area contributed by atoms with Crippen molar-refractivity contribution in [2.24, 2.45) is 0 Å². The number of halogens is 2. The van der Waals surface area contributed by atoms with Crippen LogP contribution in [0.4, 0.5) is 0 Å². The van der Waals surface area contributed by atoms with Crippen molar-refractivity contribution >= 4 is 43.2 Å². The smallest absolute Gasteiger partial charge is 0.0360 e. The van der Waals surface area contributed by atoms with E-state index >= 15 is 0 Å². The maximum absolute atomic E-state index is 3.53. The van der Waals surface area contributed by atoms with Crippen LogP contribution in [0.3, 0.4) is 0 Å². The molecule has 0 atom stereocenters. The number of rotatable bonds is 0. The first kappa shape index (κ1) is 18.2. The van der Waals surface area contributed by atoms with Crippen molar-refractivity contribution in [3.05, 3.63) is 0 Å². The summed E-state index contributed by atoms with van der Waals surface area (Å²) < 4.78 is 0. The minimum Gasteiger partial charge on any atom is -0.114 e. The summed E-state index contributed by atoms with van der Waals surface area (Å²) >= 11 is 0. The van der Waals surface area contributed by atoms with Gasteiger partial charge in [0.25, 0.3) is 0 Å². The highest BCUT2D eigenvalue weighted by molar-refractivity contribution is 8.93. The van der Waals surface area contributed by atoms with E-state index in [0.717, 1.165) is 0 Å². The van der Waals surface area contributed by atoms with Gasteiger partial charge in [0.05, 0.1) is 0 Å². The first-order valence-electron chi connectivity index (χ1n) is 0.447. The van der Waals surface area contributed by atoms with Gasteiger partial charge < -0.3 is 0 Å². The Morgan fingerprint density at radius 1 is 1.00 bits per heavy atom. The van der Waals surface area contributed by atoms with Gasteiger partial charge in [-0.3, -0.25) is 0 Å². The second kappa shape index (κ2) is 26.1. The van der Waals surface area contributed by atoms with Crippen LogP contribution in [-0.4, -0.2) is 6.66 Å². The van der Waals surface area contributed by atoms with Crippen LogP contribution in [0.2, 0.25) is 0 Å². The second-order valence-electron chi connectivity index (χ2n) is 0. The molecule has 0 aliphatic heterocycles. The van der Waals surface area contributed by atoms with Gasteiger partial charge in [-0.05, 0) is 15.9 Å². The Hall–Kier alpha value is 1.39. The van der Waals surface area contributed by atoms with E-state index in [0.29, 0.717) is 0 Å². The van der Waals surface area contributed by atoms with E-state index in [-0.39, 0.29) is 34.0 Å². The zero-order valence-electron chi connectivity index (χ0n) is 2.26. The third-order valence-electron chi connectivity index (χ3n) is 0. The normalized spacial score (nSPS) is 1.50. The molecule has 2 radical (unpaired) electrons. The Bertz CT molecular complexity index is 6.00. The van der Waals surface area contributed by atoms with E-state index in [1.165, 1.54) is 0 Å². The van der Waals surface area contributed by atoms with Crippen LogP contribution in [-0.2, 0) is 0 Å². The molecule has 0 heterocycles. The third-order valence-corrected chi connectivity index (χ3v) is 0. The molecule has 3 heteroatoms. The van der Waals surface area contributed by atoms with Crippen LogP contribution in [0.25, 0.3) is 0 Å². The quantitative estimate of drug-likeness (QED) is 0.535. The van der Waals surface area contributed by atoms with Crippen LogP contribution in [0.5, 0.6) is 0 Å². The van der Waals surface area contributed by atoms with Gasteiger partial charge in [-0.25, -0.2) is 0 Å². The van der Waals surface area contributed by atoms with Crippen molar-refractivity contribution in [3.63, 3.8) is 0 Å². The van der Waals surface area contributed by atoms with E-state index < -0.39 is 0 Å². The van der Waals surface area contributed by atoms with Crippen LogP contribution in [0.1, 0.15) is 0 Å². The van der Waals surface area contributed by atoms with E-state index in [2.05, 4.69) is 9.24 Å². The second-order valence-corrected chi connectivity index (χ2v) is 0. The van der Waals surface area contributed by atoms with Crippen LogP contribution < -0.4 is 0 Å². The Kier molecular flexibility index (Phi) is 119. The molecule has 0 aromatic carbocycles. The van der Waals surface area contributed by atoms with Crippen molar-refractivity contribution in [1.29, 1.82) is 0 Å². The molecule has 0 aliphatic carbocycles. The summed E-state index contributed by atoms with van der Waals surface area (Å²) in [5.74, 6) is 0. The molecule has 0 rings (SSSR count). The lowest BCUT2D eigenvalue weighted by Crippen LogP contribution is -0.804. The van der Waals surface area contributed by atoms with Gasteiger partial charge in [-0.2, -0.15) is 0 Å². The van der Waals surface area contributed by atoms with Crippen LogP contribution in [0.15, 0.2) is 0 Å². The Labute approximate surface area is 50.1 Å².